The second-order valence-corrected chi connectivity index (χ2v) is 3.63. The average molecular weight is 200 g/mol. The number of nitrogens with zero attached hydrogens (tertiary/aromatic N) is 1. The summed E-state index contributed by atoms with van der Waals surface area (Å²) < 4.78 is 0. The first-order valence-corrected chi connectivity index (χ1v) is 5.67. The molecular formula is C11H24N2O. The Labute approximate surface area is 87.9 Å². The van der Waals surface area contributed by atoms with Gasteiger partial charge in [0.25, 0.3) is 0 Å². The number of amides is 1. The van der Waals surface area contributed by atoms with Gasteiger partial charge >= 0.3 is 0 Å². The van der Waals surface area contributed by atoms with Gasteiger partial charge in [-0.2, -0.15) is 0 Å². The Morgan fingerprint density at radius 1 is 1.21 bits per heavy atom. The molecule has 0 rings (SSSR count). The van der Waals surface area contributed by atoms with Crippen LogP contribution in [0.25, 0.3) is 0 Å². The quantitative estimate of drug-likeness (QED) is 0.604. The normalized spacial score (nSPS) is 10.2. The third-order valence-electron chi connectivity index (χ3n) is 2.31. The molecular weight excluding hydrogens is 176 g/mol. The zero-order valence-corrected chi connectivity index (χ0v) is 9.81. The summed E-state index contributed by atoms with van der Waals surface area (Å²) in [5, 5.41) is 3.34. The minimum atomic E-state index is 0.223. The third-order valence-corrected chi connectivity index (χ3v) is 2.31. The highest BCUT2D eigenvalue weighted by atomic mass is 16.2. The number of hydrogen-bond acceptors (Lipinski definition) is 2. The van der Waals surface area contributed by atoms with E-state index in [-0.39, 0.29) is 5.91 Å². The standard InChI is InChI=1S/C11H24N2O/c1-4-6-7-8-12-9-10-13(3)11(14)5-2/h12H,4-10H2,1-3H3. The van der Waals surface area contributed by atoms with E-state index in [0.29, 0.717) is 6.42 Å². The van der Waals surface area contributed by atoms with Crippen LogP contribution >= 0.6 is 0 Å². The van der Waals surface area contributed by atoms with E-state index in [1.54, 1.807) is 4.90 Å². The second-order valence-electron chi connectivity index (χ2n) is 3.63. The topological polar surface area (TPSA) is 32.3 Å². The number of likely N-dealkylation sites (N-methyl/N-ethyl adjacent to an activating group) is 1. The van der Waals surface area contributed by atoms with Gasteiger partial charge in [-0.1, -0.05) is 26.7 Å². The van der Waals surface area contributed by atoms with Crippen molar-refractivity contribution >= 4 is 5.91 Å². The summed E-state index contributed by atoms with van der Waals surface area (Å²) in [6, 6.07) is 0. The molecule has 1 amide bonds. The average Bonchev–Trinajstić information content (AvgIpc) is 2.21. The van der Waals surface area contributed by atoms with E-state index in [1.165, 1.54) is 19.3 Å². The molecule has 0 aliphatic rings. The Morgan fingerprint density at radius 2 is 1.93 bits per heavy atom. The lowest BCUT2D eigenvalue weighted by Crippen LogP contribution is -2.33. The van der Waals surface area contributed by atoms with Gasteiger partial charge in [0.1, 0.15) is 0 Å². The van der Waals surface area contributed by atoms with E-state index < -0.39 is 0 Å². The summed E-state index contributed by atoms with van der Waals surface area (Å²) in [4.78, 5) is 13.0. The van der Waals surface area contributed by atoms with Crippen LogP contribution < -0.4 is 5.32 Å². The highest BCUT2D eigenvalue weighted by Gasteiger charge is 2.03. The van der Waals surface area contributed by atoms with Crippen LogP contribution in [0, 0.1) is 0 Å². The van der Waals surface area contributed by atoms with Gasteiger partial charge in [0.15, 0.2) is 0 Å². The Morgan fingerprint density at radius 3 is 2.50 bits per heavy atom. The van der Waals surface area contributed by atoms with Gasteiger partial charge in [0, 0.05) is 26.6 Å². The van der Waals surface area contributed by atoms with Crippen LogP contribution in [0.15, 0.2) is 0 Å². The van der Waals surface area contributed by atoms with Crippen molar-refractivity contribution in [3.8, 4) is 0 Å². The first kappa shape index (κ1) is 13.4. The molecule has 0 heterocycles. The molecule has 0 aromatic rings. The highest BCUT2D eigenvalue weighted by molar-refractivity contribution is 5.75. The fourth-order valence-electron chi connectivity index (χ4n) is 1.27. The molecule has 0 aliphatic heterocycles. The van der Waals surface area contributed by atoms with Crippen LogP contribution in [-0.2, 0) is 4.79 Å². The van der Waals surface area contributed by atoms with E-state index in [2.05, 4.69) is 12.2 Å². The number of carbonyl (C=O) groups excluding carboxylic acids is 1. The molecule has 0 fully saturated rings. The number of unbranched alkanes of at least 4 members (excludes halogenated alkanes) is 2. The maximum Gasteiger partial charge on any atom is 0.222 e. The van der Waals surface area contributed by atoms with Crippen LogP contribution in [0.3, 0.4) is 0 Å². The number of carbonyl (C=O) groups is 1. The van der Waals surface area contributed by atoms with E-state index in [4.69, 9.17) is 0 Å². The summed E-state index contributed by atoms with van der Waals surface area (Å²) in [6.45, 7) is 6.90. The lowest BCUT2D eigenvalue weighted by atomic mass is 10.2. The van der Waals surface area contributed by atoms with E-state index in [1.807, 2.05) is 14.0 Å². The molecule has 0 bridgehead atoms. The molecule has 0 atom stereocenters. The molecule has 0 aromatic carbocycles. The van der Waals surface area contributed by atoms with Crippen molar-refractivity contribution in [3.63, 3.8) is 0 Å². The minimum absolute atomic E-state index is 0.223. The van der Waals surface area contributed by atoms with Gasteiger partial charge in [-0.3, -0.25) is 4.79 Å². The molecule has 3 heteroatoms. The summed E-state index contributed by atoms with van der Waals surface area (Å²) >= 11 is 0. The van der Waals surface area contributed by atoms with Crippen molar-refractivity contribution in [2.24, 2.45) is 0 Å². The molecule has 0 saturated carbocycles. The predicted octanol–water partition coefficient (Wildman–Crippen LogP) is 1.63. The van der Waals surface area contributed by atoms with Gasteiger partial charge in [-0.15, -0.1) is 0 Å². The summed E-state index contributed by atoms with van der Waals surface area (Å²) in [6.07, 6.45) is 4.39. The fourth-order valence-corrected chi connectivity index (χ4v) is 1.27. The van der Waals surface area contributed by atoms with Gasteiger partial charge in [-0.25, -0.2) is 0 Å². The van der Waals surface area contributed by atoms with E-state index in [9.17, 15) is 4.79 Å². The molecule has 1 N–H and O–H groups in total. The van der Waals surface area contributed by atoms with Crippen molar-refractivity contribution in [2.75, 3.05) is 26.7 Å². The van der Waals surface area contributed by atoms with Crippen molar-refractivity contribution in [1.29, 1.82) is 0 Å². The van der Waals surface area contributed by atoms with Crippen molar-refractivity contribution in [1.82, 2.24) is 10.2 Å². The minimum Gasteiger partial charge on any atom is -0.344 e. The van der Waals surface area contributed by atoms with Crippen molar-refractivity contribution < 1.29 is 4.79 Å². The smallest absolute Gasteiger partial charge is 0.222 e. The molecule has 0 saturated heterocycles. The lowest BCUT2D eigenvalue weighted by Gasteiger charge is -2.16. The van der Waals surface area contributed by atoms with Crippen LogP contribution in [0.2, 0.25) is 0 Å². The molecule has 0 unspecified atom stereocenters. The highest BCUT2D eigenvalue weighted by Crippen LogP contribution is 1.91. The summed E-state index contributed by atoms with van der Waals surface area (Å²) in [7, 11) is 1.86. The lowest BCUT2D eigenvalue weighted by molar-refractivity contribution is -0.129. The van der Waals surface area contributed by atoms with Crippen LogP contribution in [0.4, 0.5) is 0 Å². The van der Waals surface area contributed by atoms with Gasteiger partial charge < -0.3 is 10.2 Å². The maximum absolute atomic E-state index is 11.2. The first-order chi connectivity index (χ1) is 6.72. The van der Waals surface area contributed by atoms with Crippen LogP contribution in [-0.4, -0.2) is 37.5 Å². The summed E-state index contributed by atoms with van der Waals surface area (Å²) in [5.74, 6) is 0.223. The van der Waals surface area contributed by atoms with Gasteiger partial charge in [0.05, 0.1) is 0 Å². The Hall–Kier alpha value is -0.570. The van der Waals surface area contributed by atoms with E-state index >= 15 is 0 Å². The largest absolute Gasteiger partial charge is 0.344 e. The zero-order chi connectivity index (χ0) is 10.8. The Bertz CT molecular complexity index is 148. The fraction of sp³-hybridized carbons (Fsp3) is 0.909. The molecule has 0 aliphatic carbocycles. The van der Waals surface area contributed by atoms with Crippen molar-refractivity contribution in [3.05, 3.63) is 0 Å². The van der Waals surface area contributed by atoms with Crippen molar-refractivity contribution in [2.45, 2.75) is 39.5 Å². The predicted molar refractivity (Wildman–Crippen MR) is 60.3 cm³/mol. The molecule has 84 valence electrons. The molecule has 3 nitrogen and oxygen atoms in total. The molecule has 0 radical (unpaired) electrons. The number of hydrogen-bond donors (Lipinski definition) is 1. The monoisotopic (exact) mass is 200 g/mol. The number of nitrogens with one attached hydrogen (secondary N) is 1. The summed E-state index contributed by atoms with van der Waals surface area (Å²) in [5.41, 5.74) is 0. The Balaban J connectivity index is 3.23. The van der Waals surface area contributed by atoms with Crippen LogP contribution in [0.1, 0.15) is 39.5 Å². The molecule has 14 heavy (non-hydrogen) atoms. The zero-order valence-electron chi connectivity index (χ0n) is 9.81. The van der Waals surface area contributed by atoms with Gasteiger partial charge in [0.2, 0.25) is 5.91 Å². The second kappa shape index (κ2) is 9.00. The van der Waals surface area contributed by atoms with Crippen LogP contribution in [0.5, 0.6) is 0 Å². The molecule has 0 aromatic heterocycles. The number of rotatable bonds is 8. The van der Waals surface area contributed by atoms with E-state index in [0.717, 1.165) is 19.6 Å². The Kier molecular flexibility index (Phi) is 8.64. The third kappa shape index (κ3) is 6.89. The van der Waals surface area contributed by atoms with Gasteiger partial charge in [-0.05, 0) is 13.0 Å². The first-order valence-electron chi connectivity index (χ1n) is 5.67. The maximum atomic E-state index is 11.2. The molecule has 0 spiro atoms. The SMILES string of the molecule is CCCCCNCCN(C)C(=O)CC.